The second-order valence-electron chi connectivity index (χ2n) is 6.92. The van der Waals surface area contributed by atoms with Crippen molar-refractivity contribution in [2.75, 3.05) is 31.5 Å². The van der Waals surface area contributed by atoms with E-state index < -0.39 is 0 Å². The molecular weight excluding hydrogens is 318 g/mol. The summed E-state index contributed by atoms with van der Waals surface area (Å²) in [5, 5.41) is 3.47. The number of hydrogen-bond donors (Lipinski definition) is 1. The largest absolute Gasteiger partial charge is 0.367 e. The average molecular weight is 345 g/mol. The molecule has 1 saturated heterocycles. The Kier molecular flexibility index (Phi) is 5.83. The van der Waals surface area contributed by atoms with Crippen LogP contribution in [0.3, 0.4) is 0 Å². The van der Waals surface area contributed by atoms with Crippen LogP contribution in [0.15, 0.2) is 12.4 Å². The molecule has 0 unspecified atom stereocenters. The van der Waals surface area contributed by atoms with Crippen LogP contribution in [0.1, 0.15) is 55.9 Å². The minimum atomic E-state index is -0.0884. The number of hydrogen-bond acceptors (Lipinski definition) is 5. The van der Waals surface area contributed by atoms with Gasteiger partial charge in [0.1, 0.15) is 17.8 Å². The van der Waals surface area contributed by atoms with Crippen molar-refractivity contribution in [3.05, 3.63) is 18.1 Å². The molecule has 0 spiro atoms. The number of amides is 2. The maximum atomic E-state index is 12.7. The molecule has 0 atom stereocenters. The maximum absolute atomic E-state index is 12.7. The van der Waals surface area contributed by atoms with E-state index in [1.807, 2.05) is 0 Å². The molecule has 1 aliphatic heterocycles. The van der Waals surface area contributed by atoms with Gasteiger partial charge in [0.25, 0.3) is 5.91 Å². The smallest absolute Gasteiger partial charge is 0.272 e. The lowest BCUT2D eigenvalue weighted by molar-refractivity contribution is -0.130. The van der Waals surface area contributed by atoms with Crippen LogP contribution in [0, 0.1) is 0 Å². The molecule has 1 aromatic rings. The van der Waals surface area contributed by atoms with E-state index in [4.69, 9.17) is 0 Å². The zero-order valence-corrected chi connectivity index (χ0v) is 14.9. The summed E-state index contributed by atoms with van der Waals surface area (Å²) in [5.74, 6) is 0.700. The highest BCUT2D eigenvalue weighted by Gasteiger charge is 2.24. The second kappa shape index (κ2) is 8.27. The fourth-order valence-electron chi connectivity index (χ4n) is 3.57. The van der Waals surface area contributed by atoms with Crippen LogP contribution in [-0.2, 0) is 4.79 Å². The Hall–Kier alpha value is -2.18. The molecule has 25 heavy (non-hydrogen) atoms. The molecule has 1 N–H and O–H groups in total. The molecule has 1 saturated carbocycles. The van der Waals surface area contributed by atoms with E-state index in [9.17, 15) is 9.59 Å². The first-order chi connectivity index (χ1) is 12.1. The van der Waals surface area contributed by atoms with Gasteiger partial charge in [0.05, 0.1) is 0 Å². The van der Waals surface area contributed by atoms with E-state index >= 15 is 0 Å². The first-order valence-electron chi connectivity index (χ1n) is 9.27. The number of aromatic nitrogens is 2. The lowest BCUT2D eigenvalue weighted by atomic mass is 10.1. The van der Waals surface area contributed by atoms with Crippen LogP contribution in [0.25, 0.3) is 0 Å². The van der Waals surface area contributed by atoms with Gasteiger partial charge >= 0.3 is 0 Å². The van der Waals surface area contributed by atoms with E-state index in [1.54, 1.807) is 22.8 Å². The molecule has 3 rings (SSSR count). The van der Waals surface area contributed by atoms with Gasteiger partial charge in [0, 0.05) is 45.2 Å². The van der Waals surface area contributed by atoms with Gasteiger partial charge in [-0.05, 0) is 12.8 Å². The van der Waals surface area contributed by atoms with E-state index in [-0.39, 0.29) is 11.8 Å². The highest BCUT2D eigenvalue weighted by Crippen LogP contribution is 2.20. The summed E-state index contributed by atoms with van der Waals surface area (Å²) in [6, 6.07) is 2.18. The second-order valence-corrected chi connectivity index (χ2v) is 6.92. The third-order valence-electron chi connectivity index (χ3n) is 5.11. The Balaban J connectivity index is 1.60. The Morgan fingerprint density at radius 2 is 1.64 bits per heavy atom. The first-order valence-corrected chi connectivity index (χ1v) is 9.27. The van der Waals surface area contributed by atoms with Crippen molar-refractivity contribution in [1.29, 1.82) is 0 Å². The first kappa shape index (κ1) is 17.6. The highest BCUT2D eigenvalue weighted by molar-refractivity contribution is 5.93. The monoisotopic (exact) mass is 345 g/mol. The summed E-state index contributed by atoms with van der Waals surface area (Å²) in [7, 11) is 0. The van der Waals surface area contributed by atoms with Gasteiger partial charge in [-0.1, -0.05) is 25.7 Å². The van der Waals surface area contributed by atoms with Crippen LogP contribution < -0.4 is 5.32 Å². The minimum Gasteiger partial charge on any atom is -0.367 e. The number of anilines is 1. The third-order valence-corrected chi connectivity index (χ3v) is 5.11. The molecule has 1 aromatic heterocycles. The molecule has 0 aromatic carbocycles. The van der Waals surface area contributed by atoms with E-state index in [0.29, 0.717) is 37.9 Å². The SMILES string of the molecule is CC(=O)N1CCN(C(=O)c2cc(NC3CCCCCC3)ncn2)CC1. The predicted molar refractivity (Wildman–Crippen MR) is 95.3 cm³/mol. The lowest BCUT2D eigenvalue weighted by Crippen LogP contribution is -2.50. The quantitative estimate of drug-likeness (QED) is 0.847. The van der Waals surface area contributed by atoms with E-state index in [0.717, 1.165) is 18.7 Å². The molecule has 136 valence electrons. The van der Waals surface area contributed by atoms with Gasteiger partial charge in [-0.25, -0.2) is 9.97 Å². The number of carbonyl (C=O) groups excluding carboxylic acids is 2. The van der Waals surface area contributed by atoms with E-state index in [2.05, 4.69) is 15.3 Å². The summed E-state index contributed by atoms with van der Waals surface area (Å²) < 4.78 is 0. The van der Waals surface area contributed by atoms with Crippen molar-refractivity contribution in [2.45, 2.75) is 51.5 Å². The zero-order chi connectivity index (χ0) is 17.6. The Labute approximate surface area is 148 Å². The number of nitrogens with zero attached hydrogens (tertiary/aromatic N) is 4. The van der Waals surface area contributed by atoms with Crippen molar-refractivity contribution in [2.24, 2.45) is 0 Å². The van der Waals surface area contributed by atoms with Crippen LogP contribution >= 0.6 is 0 Å². The molecule has 1 aliphatic carbocycles. The molecule has 2 amide bonds. The molecule has 2 aliphatic rings. The van der Waals surface area contributed by atoms with Crippen LogP contribution in [-0.4, -0.2) is 63.8 Å². The summed E-state index contributed by atoms with van der Waals surface area (Å²) >= 11 is 0. The van der Waals surface area contributed by atoms with Gasteiger partial charge in [0.2, 0.25) is 5.91 Å². The standard InChI is InChI=1S/C18H27N5O2/c1-14(24)22-8-10-23(11-9-22)18(25)16-12-17(20-13-19-16)21-15-6-4-2-3-5-7-15/h12-13,15H,2-11H2,1H3,(H,19,20,21). The number of nitrogens with one attached hydrogen (secondary N) is 1. The fraction of sp³-hybridized carbons (Fsp3) is 0.667. The fourth-order valence-corrected chi connectivity index (χ4v) is 3.57. The Morgan fingerprint density at radius 1 is 1.00 bits per heavy atom. The molecule has 7 heteroatoms. The van der Waals surface area contributed by atoms with Gasteiger partial charge in [-0.3, -0.25) is 9.59 Å². The Bertz CT molecular complexity index is 605. The summed E-state index contributed by atoms with van der Waals surface area (Å²) in [6.45, 7) is 3.83. The van der Waals surface area contributed by atoms with Crippen molar-refractivity contribution >= 4 is 17.6 Å². The summed E-state index contributed by atoms with van der Waals surface area (Å²) in [4.78, 5) is 36.0. The van der Waals surface area contributed by atoms with Crippen molar-refractivity contribution < 1.29 is 9.59 Å². The van der Waals surface area contributed by atoms with Crippen molar-refractivity contribution in [3.63, 3.8) is 0 Å². The molecule has 2 fully saturated rings. The zero-order valence-electron chi connectivity index (χ0n) is 14.9. The van der Waals surface area contributed by atoms with Crippen LogP contribution in [0.2, 0.25) is 0 Å². The lowest BCUT2D eigenvalue weighted by Gasteiger charge is -2.34. The van der Waals surface area contributed by atoms with Crippen LogP contribution in [0.5, 0.6) is 0 Å². The predicted octanol–water partition coefficient (Wildman–Crippen LogP) is 1.92. The van der Waals surface area contributed by atoms with Gasteiger partial charge in [0.15, 0.2) is 0 Å². The number of rotatable bonds is 3. The summed E-state index contributed by atoms with van der Waals surface area (Å²) in [5.41, 5.74) is 0.419. The molecule has 0 radical (unpaired) electrons. The summed E-state index contributed by atoms with van der Waals surface area (Å²) in [6.07, 6.45) is 8.86. The average Bonchev–Trinajstić information content (AvgIpc) is 2.90. The topological polar surface area (TPSA) is 78.4 Å². The van der Waals surface area contributed by atoms with E-state index in [1.165, 1.54) is 32.0 Å². The Morgan fingerprint density at radius 3 is 2.28 bits per heavy atom. The number of carbonyl (C=O) groups is 2. The molecule has 7 nitrogen and oxygen atoms in total. The maximum Gasteiger partial charge on any atom is 0.272 e. The van der Waals surface area contributed by atoms with Crippen LogP contribution in [0.4, 0.5) is 5.82 Å². The third kappa shape index (κ3) is 4.67. The van der Waals surface area contributed by atoms with Gasteiger partial charge in [-0.2, -0.15) is 0 Å². The van der Waals surface area contributed by atoms with Crippen molar-refractivity contribution in [1.82, 2.24) is 19.8 Å². The normalized spacial score (nSPS) is 19.4. The van der Waals surface area contributed by atoms with Crippen molar-refractivity contribution in [3.8, 4) is 0 Å². The molecular formula is C18H27N5O2. The van der Waals surface area contributed by atoms with Gasteiger partial charge < -0.3 is 15.1 Å². The minimum absolute atomic E-state index is 0.0593. The highest BCUT2D eigenvalue weighted by atomic mass is 16.2. The number of piperazine rings is 1. The molecule has 0 bridgehead atoms. The van der Waals surface area contributed by atoms with Gasteiger partial charge in [-0.15, -0.1) is 0 Å². The molecule has 2 heterocycles.